The molecule has 28 heavy (non-hydrogen) atoms. The molecule has 0 radical (unpaired) electrons. The molecular formula is C17H34BCl2N3O5. The van der Waals surface area contributed by atoms with Crippen LogP contribution in [-0.2, 0) is 9.59 Å². The Bertz CT molecular complexity index is 531. The highest BCUT2D eigenvalue weighted by Gasteiger charge is 2.58. The molecule has 1 amide bonds. The normalized spacial score (nSPS) is 28.0. The first kappa shape index (κ1) is 27.4. The van der Waals surface area contributed by atoms with Gasteiger partial charge in [0, 0.05) is 25.0 Å². The minimum Gasteiger partial charge on any atom is -0.480 e. The molecule has 8 nitrogen and oxygen atoms in total. The van der Waals surface area contributed by atoms with Gasteiger partial charge in [-0.1, -0.05) is 33.1 Å². The van der Waals surface area contributed by atoms with Crippen molar-refractivity contribution in [3.8, 4) is 0 Å². The molecule has 0 spiro atoms. The van der Waals surface area contributed by atoms with Crippen LogP contribution in [0.3, 0.4) is 0 Å². The van der Waals surface area contributed by atoms with Gasteiger partial charge in [0.1, 0.15) is 5.54 Å². The van der Waals surface area contributed by atoms with Crippen LogP contribution in [0.1, 0.15) is 46.0 Å². The standard InChI is InChI=1S/C17H32BN3O5.2ClH/c1-3-11(2)14(19)15(22)21-9-6-12-13(21)10-20-17(12,16(23)24)7-4-5-8-18(25)26;;/h11-14,20,25-26H,3-10,19H2,1-2H3,(H,23,24);2*1H/t11-,12-,13-,14-,17+;;/m0../s1. The molecule has 2 heterocycles. The van der Waals surface area contributed by atoms with Crippen molar-refractivity contribution >= 4 is 43.8 Å². The van der Waals surface area contributed by atoms with E-state index in [1.807, 2.05) is 13.8 Å². The Morgan fingerprint density at radius 2 is 1.96 bits per heavy atom. The van der Waals surface area contributed by atoms with Crippen molar-refractivity contribution in [2.24, 2.45) is 17.6 Å². The Kier molecular flexibility index (Phi) is 11.3. The first-order valence-electron chi connectivity index (χ1n) is 9.65. The number of likely N-dealkylation sites (tertiary alicyclic amines) is 1. The summed E-state index contributed by atoms with van der Waals surface area (Å²) in [6.45, 7) is 4.96. The minimum absolute atomic E-state index is 0. The number of carbonyl (C=O) groups excluding carboxylic acids is 1. The first-order chi connectivity index (χ1) is 12.2. The average molecular weight is 442 g/mol. The summed E-state index contributed by atoms with van der Waals surface area (Å²) in [4.78, 5) is 26.6. The fourth-order valence-electron chi connectivity index (χ4n) is 4.41. The lowest BCUT2D eigenvalue weighted by molar-refractivity contribution is -0.147. The molecule has 2 rings (SSSR count). The summed E-state index contributed by atoms with van der Waals surface area (Å²) in [5.74, 6) is -1.04. The van der Waals surface area contributed by atoms with Crippen LogP contribution < -0.4 is 11.1 Å². The van der Waals surface area contributed by atoms with Gasteiger partial charge in [-0.15, -0.1) is 24.8 Å². The molecule has 2 saturated heterocycles. The van der Waals surface area contributed by atoms with Crippen molar-refractivity contribution in [3.63, 3.8) is 0 Å². The minimum atomic E-state index is -1.36. The number of hydrogen-bond acceptors (Lipinski definition) is 6. The Hall–Kier alpha value is -0.575. The zero-order valence-corrected chi connectivity index (χ0v) is 18.2. The summed E-state index contributed by atoms with van der Waals surface area (Å²) in [6, 6.07) is -0.693. The van der Waals surface area contributed by atoms with E-state index in [4.69, 9.17) is 15.8 Å². The van der Waals surface area contributed by atoms with Gasteiger partial charge >= 0.3 is 13.1 Å². The van der Waals surface area contributed by atoms with Gasteiger partial charge in [0.25, 0.3) is 0 Å². The van der Waals surface area contributed by atoms with Gasteiger partial charge in [-0.2, -0.15) is 0 Å². The number of rotatable bonds is 9. The lowest BCUT2D eigenvalue weighted by Crippen LogP contribution is -2.52. The molecule has 11 heteroatoms. The van der Waals surface area contributed by atoms with Gasteiger partial charge in [-0.05, 0) is 25.1 Å². The topological polar surface area (TPSA) is 136 Å². The molecule has 2 aliphatic rings. The lowest BCUT2D eigenvalue weighted by Gasteiger charge is -2.31. The summed E-state index contributed by atoms with van der Waals surface area (Å²) in [6.07, 6.45) is 3.25. The predicted octanol–water partition coefficient (Wildman–Crippen LogP) is 0.490. The van der Waals surface area contributed by atoms with Crippen LogP contribution in [0.2, 0.25) is 6.32 Å². The highest BCUT2D eigenvalue weighted by molar-refractivity contribution is 6.40. The molecule has 0 unspecified atom stereocenters. The first-order valence-corrected chi connectivity index (χ1v) is 9.65. The summed E-state index contributed by atoms with van der Waals surface area (Å²) >= 11 is 0. The SMILES string of the molecule is CC[C@H](C)[C@H](N)C(=O)N1CC[C@H]2[C@@H]1CN[C@@]2(CCCCB(O)O)C(=O)O.Cl.Cl. The Morgan fingerprint density at radius 3 is 2.50 bits per heavy atom. The number of nitrogens with one attached hydrogen (secondary N) is 1. The quantitative estimate of drug-likeness (QED) is 0.259. The summed E-state index contributed by atoms with van der Waals surface area (Å²) in [5.41, 5.74) is 5.06. The van der Waals surface area contributed by atoms with E-state index in [-0.39, 0.29) is 54.9 Å². The van der Waals surface area contributed by atoms with Crippen LogP contribution in [-0.4, -0.2) is 69.8 Å². The second-order valence-electron chi connectivity index (χ2n) is 7.79. The molecule has 2 aliphatic heterocycles. The van der Waals surface area contributed by atoms with E-state index < -0.39 is 24.7 Å². The van der Waals surface area contributed by atoms with Crippen molar-refractivity contribution in [1.29, 1.82) is 0 Å². The molecule has 0 aliphatic carbocycles. The third-order valence-electron chi connectivity index (χ3n) is 6.30. The van der Waals surface area contributed by atoms with E-state index in [2.05, 4.69) is 5.32 Å². The number of fused-ring (bicyclic) bond motifs is 1. The van der Waals surface area contributed by atoms with Gasteiger partial charge in [0.15, 0.2) is 0 Å². The molecule has 164 valence electrons. The van der Waals surface area contributed by atoms with Gasteiger partial charge < -0.3 is 25.8 Å². The van der Waals surface area contributed by atoms with E-state index in [9.17, 15) is 14.7 Å². The smallest absolute Gasteiger partial charge is 0.451 e. The van der Waals surface area contributed by atoms with E-state index >= 15 is 0 Å². The molecule has 0 aromatic heterocycles. The second-order valence-corrected chi connectivity index (χ2v) is 7.79. The highest BCUT2D eigenvalue weighted by Crippen LogP contribution is 2.41. The molecule has 6 N–H and O–H groups in total. The van der Waals surface area contributed by atoms with Gasteiger partial charge in [0.2, 0.25) is 5.91 Å². The van der Waals surface area contributed by atoms with Crippen LogP contribution in [0.4, 0.5) is 0 Å². The number of aliphatic carboxylic acids is 1. The zero-order valence-electron chi connectivity index (χ0n) is 16.5. The maximum Gasteiger partial charge on any atom is 0.451 e. The number of nitrogens with two attached hydrogens (primary N) is 1. The number of amides is 1. The van der Waals surface area contributed by atoms with Gasteiger partial charge in [0.05, 0.1) is 6.04 Å². The molecule has 2 fully saturated rings. The number of carboxylic acids is 1. The molecule has 0 aromatic carbocycles. The maximum absolute atomic E-state index is 12.8. The van der Waals surface area contributed by atoms with E-state index in [1.54, 1.807) is 4.90 Å². The number of halogens is 2. The average Bonchev–Trinajstić information content (AvgIpc) is 3.17. The van der Waals surface area contributed by atoms with Crippen LogP contribution >= 0.6 is 24.8 Å². The highest BCUT2D eigenvalue weighted by atomic mass is 35.5. The molecular weight excluding hydrogens is 408 g/mol. The number of carbonyl (C=O) groups is 2. The van der Waals surface area contributed by atoms with Crippen molar-refractivity contribution in [1.82, 2.24) is 10.2 Å². The second kappa shape index (κ2) is 11.6. The van der Waals surface area contributed by atoms with E-state index in [0.29, 0.717) is 38.8 Å². The van der Waals surface area contributed by atoms with Crippen LogP contribution in [0, 0.1) is 11.8 Å². The van der Waals surface area contributed by atoms with Crippen molar-refractivity contribution in [3.05, 3.63) is 0 Å². The monoisotopic (exact) mass is 441 g/mol. The van der Waals surface area contributed by atoms with Gasteiger partial charge in [-0.25, -0.2) is 0 Å². The number of nitrogens with zero attached hydrogens (tertiary/aromatic N) is 1. The summed E-state index contributed by atoms with van der Waals surface area (Å²) in [7, 11) is -1.36. The largest absolute Gasteiger partial charge is 0.480 e. The summed E-state index contributed by atoms with van der Waals surface area (Å²) < 4.78 is 0. The lowest BCUT2D eigenvalue weighted by atomic mass is 9.77. The Labute approximate surface area is 179 Å². The molecule has 0 bridgehead atoms. The van der Waals surface area contributed by atoms with Gasteiger partial charge in [-0.3, -0.25) is 14.9 Å². The molecule has 5 atom stereocenters. The Balaban J connectivity index is 0.00000364. The van der Waals surface area contributed by atoms with E-state index in [0.717, 1.165) is 6.42 Å². The predicted molar refractivity (Wildman–Crippen MR) is 113 cm³/mol. The van der Waals surface area contributed by atoms with Crippen LogP contribution in [0.25, 0.3) is 0 Å². The maximum atomic E-state index is 12.8. The third-order valence-corrected chi connectivity index (χ3v) is 6.30. The fourth-order valence-corrected chi connectivity index (χ4v) is 4.41. The van der Waals surface area contributed by atoms with Crippen molar-refractivity contribution in [2.45, 2.75) is 69.9 Å². The summed E-state index contributed by atoms with van der Waals surface area (Å²) in [5, 5.41) is 31.0. The fraction of sp³-hybridized carbons (Fsp3) is 0.882. The molecule has 0 aromatic rings. The van der Waals surface area contributed by atoms with Crippen LogP contribution in [0.15, 0.2) is 0 Å². The third kappa shape index (κ3) is 5.52. The zero-order chi connectivity index (χ0) is 19.5. The number of carboxylic acid groups (broad SMARTS) is 1. The molecule has 0 saturated carbocycles. The van der Waals surface area contributed by atoms with Crippen molar-refractivity contribution < 1.29 is 24.7 Å². The van der Waals surface area contributed by atoms with Crippen molar-refractivity contribution in [2.75, 3.05) is 13.1 Å². The van der Waals surface area contributed by atoms with E-state index in [1.165, 1.54) is 0 Å². The number of unbranched alkanes of at least 4 members (excludes halogenated alkanes) is 1. The Morgan fingerprint density at radius 1 is 1.32 bits per heavy atom. The number of hydrogen-bond donors (Lipinski definition) is 5. The van der Waals surface area contributed by atoms with Crippen LogP contribution in [0.5, 0.6) is 0 Å².